The highest BCUT2D eigenvalue weighted by Crippen LogP contribution is 2.31. The van der Waals surface area contributed by atoms with E-state index >= 15 is 0 Å². The Morgan fingerprint density at radius 3 is 2.76 bits per heavy atom. The van der Waals surface area contributed by atoms with Crippen LogP contribution in [0.25, 0.3) is 11.4 Å². The Hall–Kier alpha value is -2.54. The molecule has 6 nitrogen and oxygen atoms in total. The van der Waals surface area contributed by atoms with E-state index in [1.807, 2.05) is 47.4 Å². The molecule has 1 aliphatic heterocycles. The van der Waals surface area contributed by atoms with E-state index in [2.05, 4.69) is 44.3 Å². The molecule has 0 N–H and O–H groups in total. The molecule has 7 heteroatoms. The lowest BCUT2D eigenvalue weighted by Gasteiger charge is -2.22. The van der Waals surface area contributed by atoms with Gasteiger partial charge in [0, 0.05) is 21.8 Å². The van der Waals surface area contributed by atoms with Gasteiger partial charge in [-0.2, -0.15) is 4.80 Å². The third-order valence-corrected chi connectivity index (χ3v) is 4.84. The Morgan fingerprint density at radius 1 is 1.20 bits per heavy atom. The van der Waals surface area contributed by atoms with Gasteiger partial charge in [0.15, 0.2) is 0 Å². The van der Waals surface area contributed by atoms with Crippen molar-refractivity contribution < 1.29 is 4.79 Å². The molecule has 1 aromatic heterocycles. The largest absolute Gasteiger partial charge is 0.307 e. The molecule has 0 bridgehead atoms. The number of para-hydroxylation sites is 1. The summed E-state index contributed by atoms with van der Waals surface area (Å²) in [6.45, 7) is 2.13. The molecule has 0 unspecified atom stereocenters. The quantitative estimate of drug-likeness (QED) is 0.680. The van der Waals surface area contributed by atoms with Crippen LogP contribution in [0.2, 0.25) is 0 Å². The molecule has 0 radical (unpaired) electrons. The highest BCUT2D eigenvalue weighted by atomic mass is 79.9. The van der Waals surface area contributed by atoms with Gasteiger partial charge in [-0.15, -0.1) is 10.2 Å². The summed E-state index contributed by atoms with van der Waals surface area (Å²) in [5, 5.41) is 12.4. The van der Waals surface area contributed by atoms with E-state index in [9.17, 15) is 4.79 Å². The summed E-state index contributed by atoms with van der Waals surface area (Å²) in [5.74, 6) is 0.479. The van der Waals surface area contributed by atoms with Crippen molar-refractivity contribution in [2.45, 2.75) is 25.9 Å². The average molecular weight is 398 g/mol. The molecule has 0 aliphatic carbocycles. The Morgan fingerprint density at radius 2 is 1.96 bits per heavy atom. The van der Waals surface area contributed by atoms with Gasteiger partial charge in [-0.1, -0.05) is 34.1 Å². The number of nitrogens with zero attached hydrogens (tertiary/aromatic N) is 5. The Kier molecular flexibility index (Phi) is 4.09. The van der Waals surface area contributed by atoms with Crippen LogP contribution in [0.4, 0.5) is 5.69 Å². The molecule has 0 saturated heterocycles. The lowest BCUT2D eigenvalue weighted by Crippen LogP contribution is -2.38. The number of halogens is 1. The van der Waals surface area contributed by atoms with Gasteiger partial charge in [0.1, 0.15) is 6.54 Å². The summed E-state index contributed by atoms with van der Waals surface area (Å²) in [6.07, 6.45) is 0.872. The van der Waals surface area contributed by atoms with Gasteiger partial charge in [-0.05, 0) is 54.5 Å². The zero-order chi connectivity index (χ0) is 17.4. The fourth-order valence-electron chi connectivity index (χ4n) is 3.17. The molecule has 1 amide bonds. The Balaban J connectivity index is 1.53. The van der Waals surface area contributed by atoms with Crippen LogP contribution < -0.4 is 4.90 Å². The van der Waals surface area contributed by atoms with Gasteiger partial charge < -0.3 is 4.90 Å². The zero-order valence-electron chi connectivity index (χ0n) is 13.6. The molecule has 0 fully saturated rings. The molecule has 4 rings (SSSR count). The van der Waals surface area contributed by atoms with E-state index in [1.54, 1.807) is 0 Å². The maximum atomic E-state index is 12.8. The van der Waals surface area contributed by atoms with Crippen molar-refractivity contribution >= 4 is 27.5 Å². The van der Waals surface area contributed by atoms with Gasteiger partial charge >= 0.3 is 0 Å². The van der Waals surface area contributed by atoms with Crippen molar-refractivity contribution in [1.29, 1.82) is 0 Å². The number of carbonyl (C=O) groups excluding carboxylic acids is 1. The van der Waals surface area contributed by atoms with E-state index in [4.69, 9.17) is 0 Å². The van der Waals surface area contributed by atoms with E-state index in [0.717, 1.165) is 22.1 Å². The molecule has 1 atom stereocenters. The monoisotopic (exact) mass is 397 g/mol. The van der Waals surface area contributed by atoms with Crippen LogP contribution in [-0.4, -0.2) is 32.2 Å². The van der Waals surface area contributed by atoms with Crippen molar-refractivity contribution in [3.05, 3.63) is 58.6 Å². The fourth-order valence-corrected chi connectivity index (χ4v) is 3.43. The van der Waals surface area contributed by atoms with Crippen LogP contribution in [-0.2, 0) is 17.8 Å². The maximum Gasteiger partial charge on any atom is 0.250 e. The number of hydrogen-bond donors (Lipinski definition) is 0. The number of carbonyl (C=O) groups is 1. The molecule has 0 saturated carbocycles. The molecular formula is C18H16BrN5O. The van der Waals surface area contributed by atoms with Crippen molar-refractivity contribution in [2.24, 2.45) is 0 Å². The SMILES string of the molecule is C[C@@H]1Cc2ccccc2N1C(=O)Cn1nnc(-c2ccc(Br)cc2)n1. The predicted molar refractivity (Wildman–Crippen MR) is 98.0 cm³/mol. The van der Waals surface area contributed by atoms with Gasteiger partial charge in [0.25, 0.3) is 5.91 Å². The minimum atomic E-state index is -0.0304. The number of tetrazole rings is 1. The summed E-state index contributed by atoms with van der Waals surface area (Å²) in [5.41, 5.74) is 3.04. The van der Waals surface area contributed by atoms with Crippen LogP contribution in [0.3, 0.4) is 0 Å². The van der Waals surface area contributed by atoms with E-state index in [1.165, 1.54) is 10.4 Å². The normalized spacial score (nSPS) is 16.1. The van der Waals surface area contributed by atoms with Gasteiger partial charge in [-0.3, -0.25) is 4.79 Å². The topological polar surface area (TPSA) is 63.9 Å². The Bertz CT molecular complexity index is 921. The lowest BCUT2D eigenvalue weighted by atomic mass is 10.1. The molecule has 0 spiro atoms. The van der Waals surface area contributed by atoms with Gasteiger partial charge in [0.05, 0.1) is 0 Å². The lowest BCUT2D eigenvalue weighted by molar-refractivity contribution is -0.119. The third kappa shape index (κ3) is 3.07. The Labute approximate surface area is 153 Å². The summed E-state index contributed by atoms with van der Waals surface area (Å²) < 4.78 is 0.987. The second kappa shape index (κ2) is 6.40. The number of hydrogen-bond acceptors (Lipinski definition) is 4. The molecule has 2 heterocycles. The number of amides is 1. The van der Waals surface area contributed by atoms with E-state index < -0.39 is 0 Å². The smallest absolute Gasteiger partial charge is 0.250 e. The highest BCUT2D eigenvalue weighted by Gasteiger charge is 2.30. The minimum absolute atomic E-state index is 0.0304. The average Bonchev–Trinajstić information content (AvgIpc) is 3.18. The molecule has 3 aromatic rings. The highest BCUT2D eigenvalue weighted by molar-refractivity contribution is 9.10. The zero-order valence-corrected chi connectivity index (χ0v) is 15.2. The van der Waals surface area contributed by atoms with Crippen LogP contribution in [0, 0.1) is 0 Å². The molecule has 1 aliphatic rings. The molecule has 2 aromatic carbocycles. The van der Waals surface area contributed by atoms with Crippen molar-refractivity contribution in [3.63, 3.8) is 0 Å². The number of aromatic nitrogens is 4. The summed E-state index contributed by atoms with van der Waals surface area (Å²) in [7, 11) is 0. The number of anilines is 1. The minimum Gasteiger partial charge on any atom is -0.307 e. The number of benzene rings is 2. The second-order valence-corrected chi connectivity index (χ2v) is 7.01. The molecule has 25 heavy (non-hydrogen) atoms. The standard InChI is InChI=1S/C18H16BrN5O/c1-12-10-14-4-2-3-5-16(14)24(12)17(25)11-23-21-18(20-22-23)13-6-8-15(19)9-7-13/h2-9,12H,10-11H2,1H3/t12-/m1/s1. The first-order chi connectivity index (χ1) is 12.1. The van der Waals surface area contributed by atoms with Crippen molar-refractivity contribution in [1.82, 2.24) is 20.2 Å². The third-order valence-electron chi connectivity index (χ3n) is 4.31. The molecular weight excluding hydrogens is 382 g/mol. The summed E-state index contributed by atoms with van der Waals surface area (Å²) in [4.78, 5) is 16.0. The van der Waals surface area contributed by atoms with E-state index in [0.29, 0.717) is 5.82 Å². The maximum absolute atomic E-state index is 12.8. The van der Waals surface area contributed by atoms with Crippen LogP contribution in [0.5, 0.6) is 0 Å². The van der Waals surface area contributed by atoms with Crippen LogP contribution in [0.1, 0.15) is 12.5 Å². The summed E-state index contributed by atoms with van der Waals surface area (Å²) in [6, 6.07) is 15.8. The van der Waals surface area contributed by atoms with Gasteiger partial charge in [-0.25, -0.2) is 0 Å². The first kappa shape index (κ1) is 16.0. The van der Waals surface area contributed by atoms with Crippen molar-refractivity contribution in [2.75, 3.05) is 4.90 Å². The molecule has 126 valence electrons. The number of fused-ring (bicyclic) bond motifs is 1. The van der Waals surface area contributed by atoms with Crippen molar-refractivity contribution in [3.8, 4) is 11.4 Å². The first-order valence-corrected chi connectivity index (χ1v) is 8.85. The van der Waals surface area contributed by atoms with Gasteiger partial charge in [0.2, 0.25) is 5.82 Å². The fraction of sp³-hybridized carbons (Fsp3) is 0.222. The first-order valence-electron chi connectivity index (χ1n) is 8.05. The van der Waals surface area contributed by atoms with Crippen LogP contribution in [0.15, 0.2) is 53.0 Å². The van der Waals surface area contributed by atoms with Crippen LogP contribution >= 0.6 is 15.9 Å². The van der Waals surface area contributed by atoms with E-state index in [-0.39, 0.29) is 18.5 Å². The summed E-state index contributed by atoms with van der Waals surface area (Å²) >= 11 is 3.40. The number of rotatable bonds is 3. The second-order valence-electron chi connectivity index (χ2n) is 6.10. The predicted octanol–water partition coefficient (Wildman–Crippen LogP) is 3.08.